The Balaban J connectivity index is 2.44. The Labute approximate surface area is 128 Å². The second-order valence-electron chi connectivity index (χ2n) is 5.99. The van der Waals surface area contributed by atoms with Crippen LogP contribution < -0.4 is 0 Å². The lowest BCUT2D eigenvalue weighted by molar-refractivity contribution is -0.133. The number of nitrogens with zero attached hydrogens (tertiary/aromatic N) is 1. The number of hydrogen-bond acceptors (Lipinski definition) is 4. The molecule has 0 saturated carbocycles. The van der Waals surface area contributed by atoms with E-state index in [0.717, 1.165) is 12.8 Å². The van der Waals surface area contributed by atoms with Gasteiger partial charge in [0.25, 0.3) is 0 Å². The lowest BCUT2D eigenvalue weighted by atomic mass is 9.98. The molecule has 0 aromatic heterocycles. The molecule has 0 radical (unpaired) electrons. The molecule has 5 nitrogen and oxygen atoms in total. The number of methoxy groups -OCH3 is 2. The van der Waals surface area contributed by atoms with Gasteiger partial charge in [-0.1, -0.05) is 13.8 Å². The summed E-state index contributed by atoms with van der Waals surface area (Å²) in [5.74, 6) is 0.684. The molecule has 1 aliphatic heterocycles. The molecule has 0 bridgehead atoms. The van der Waals surface area contributed by atoms with E-state index in [1.165, 1.54) is 0 Å². The minimum absolute atomic E-state index is 0.105. The smallest absolute Gasteiger partial charge is 0.222 e. The molecule has 0 N–H and O–H groups in total. The van der Waals surface area contributed by atoms with Crippen molar-refractivity contribution in [2.24, 2.45) is 5.92 Å². The molecular formula is C16H29NO4. The van der Waals surface area contributed by atoms with Crippen molar-refractivity contribution in [2.75, 3.05) is 27.4 Å². The average molecular weight is 299 g/mol. The van der Waals surface area contributed by atoms with Crippen molar-refractivity contribution in [1.29, 1.82) is 0 Å². The van der Waals surface area contributed by atoms with Crippen LogP contribution in [-0.2, 0) is 19.1 Å². The zero-order chi connectivity index (χ0) is 15.8. The third-order valence-electron chi connectivity index (χ3n) is 4.21. The number of hydrogen-bond donors (Lipinski definition) is 0. The first-order chi connectivity index (χ1) is 10.0. The van der Waals surface area contributed by atoms with Gasteiger partial charge < -0.3 is 14.4 Å². The largest absolute Gasteiger partial charge is 0.383 e. The Morgan fingerprint density at radius 1 is 1.33 bits per heavy atom. The molecule has 1 rings (SSSR count). The molecule has 0 aliphatic carbocycles. The number of amides is 1. The van der Waals surface area contributed by atoms with E-state index in [1.807, 2.05) is 18.7 Å². The highest BCUT2D eigenvalue weighted by molar-refractivity contribution is 5.79. The van der Waals surface area contributed by atoms with Crippen molar-refractivity contribution in [1.82, 2.24) is 4.90 Å². The van der Waals surface area contributed by atoms with Crippen molar-refractivity contribution in [3.8, 4) is 0 Å². The van der Waals surface area contributed by atoms with Gasteiger partial charge in [-0.15, -0.1) is 0 Å². The minimum atomic E-state index is 0.105. The summed E-state index contributed by atoms with van der Waals surface area (Å²) < 4.78 is 10.6. The molecule has 1 heterocycles. The van der Waals surface area contributed by atoms with E-state index in [9.17, 15) is 9.59 Å². The van der Waals surface area contributed by atoms with Gasteiger partial charge in [0.1, 0.15) is 5.78 Å². The molecule has 3 atom stereocenters. The van der Waals surface area contributed by atoms with Crippen LogP contribution in [0.2, 0.25) is 0 Å². The first-order valence-electron chi connectivity index (χ1n) is 7.84. The molecule has 1 fully saturated rings. The average Bonchev–Trinajstić information content (AvgIpc) is 2.88. The Bertz CT molecular complexity index is 345. The van der Waals surface area contributed by atoms with E-state index in [2.05, 4.69) is 0 Å². The van der Waals surface area contributed by atoms with Gasteiger partial charge in [-0.25, -0.2) is 0 Å². The fourth-order valence-corrected chi connectivity index (χ4v) is 2.85. The maximum atomic E-state index is 12.4. The van der Waals surface area contributed by atoms with Crippen molar-refractivity contribution in [3.63, 3.8) is 0 Å². The fraction of sp³-hybridized carbons (Fsp3) is 0.875. The third-order valence-corrected chi connectivity index (χ3v) is 4.21. The van der Waals surface area contributed by atoms with Crippen LogP contribution in [-0.4, -0.2) is 56.1 Å². The number of Topliss-reactive ketones (excluding diaryl/α,β-unsaturated/α-hetero) is 1. The molecule has 3 unspecified atom stereocenters. The van der Waals surface area contributed by atoms with Crippen LogP contribution in [0, 0.1) is 5.92 Å². The van der Waals surface area contributed by atoms with Crippen LogP contribution in [0.5, 0.6) is 0 Å². The van der Waals surface area contributed by atoms with Crippen LogP contribution in [0.1, 0.15) is 46.0 Å². The Morgan fingerprint density at radius 2 is 2.05 bits per heavy atom. The van der Waals surface area contributed by atoms with Crippen LogP contribution >= 0.6 is 0 Å². The fourth-order valence-electron chi connectivity index (χ4n) is 2.85. The Morgan fingerprint density at radius 3 is 2.62 bits per heavy atom. The first-order valence-corrected chi connectivity index (χ1v) is 7.84. The number of carbonyl (C=O) groups is 2. The van der Waals surface area contributed by atoms with E-state index in [-0.39, 0.29) is 29.8 Å². The summed E-state index contributed by atoms with van der Waals surface area (Å²) in [6.45, 7) is 5.11. The molecule has 122 valence electrons. The molecule has 0 spiro atoms. The lowest BCUT2D eigenvalue weighted by Crippen LogP contribution is -2.38. The van der Waals surface area contributed by atoms with E-state index in [4.69, 9.17) is 9.47 Å². The van der Waals surface area contributed by atoms with E-state index >= 15 is 0 Å². The molecule has 1 amide bonds. The Kier molecular flexibility index (Phi) is 7.89. The third kappa shape index (κ3) is 5.75. The molecule has 21 heavy (non-hydrogen) atoms. The number of carbonyl (C=O) groups excluding carboxylic acids is 2. The van der Waals surface area contributed by atoms with Gasteiger partial charge in [0.2, 0.25) is 5.91 Å². The molecule has 1 aliphatic rings. The van der Waals surface area contributed by atoms with Gasteiger partial charge in [-0.2, -0.15) is 0 Å². The zero-order valence-electron chi connectivity index (χ0n) is 13.8. The van der Waals surface area contributed by atoms with Gasteiger partial charge in [-0.3, -0.25) is 9.59 Å². The molecule has 0 aromatic carbocycles. The lowest BCUT2D eigenvalue weighted by Gasteiger charge is -2.24. The predicted molar refractivity (Wildman–Crippen MR) is 81.1 cm³/mol. The highest BCUT2D eigenvalue weighted by Crippen LogP contribution is 2.22. The number of likely N-dealkylation sites (tertiary alicyclic amines) is 1. The summed E-state index contributed by atoms with van der Waals surface area (Å²) in [6.07, 6.45) is 3.35. The van der Waals surface area contributed by atoms with E-state index in [1.54, 1.807) is 14.2 Å². The van der Waals surface area contributed by atoms with Crippen LogP contribution in [0.25, 0.3) is 0 Å². The van der Waals surface area contributed by atoms with Gasteiger partial charge in [0.05, 0.1) is 18.8 Å². The quantitative estimate of drug-likeness (QED) is 0.654. The van der Waals surface area contributed by atoms with Crippen molar-refractivity contribution in [2.45, 2.75) is 58.1 Å². The first kappa shape index (κ1) is 18.1. The molecule has 1 saturated heterocycles. The number of rotatable bonds is 9. The van der Waals surface area contributed by atoms with Crippen LogP contribution in [0.3, 0.4) is 0 Å². The minimum Gasteiger partial charge on any atom is -0.383 e. The predicted octanol–water partition coefficient (Wildman–Crippen LogP) is 2.03. The summed E-state index contributed by atoms with van der Waals surface area (Å²) in [7, 11) is 3.34. The highest BCUT2D eigenvalue weighted by Gasteiger charge is 2.34. The topological polar surface area (TPSA) is 55.8 Å². The maximum absolute atomic E-state index is 12.4. The number of ketones is 1. The summed E-state index contributed by atoms with van der Waals surface area (Å²) in [5.41, 5.74) is 0. The van der Waals surface area contributed by atoms with Crippen LogP contribution in [0.4, 0.5) is 0 Å². The standard InChI is InChI=1S/C16H29NO4/c1-5-14(18)8-12(2)6-7-16(19)17-10-15(21-4)9-13(17)11-20-3/h12-13,15H,5-11H2,1-4H3. The van der Waals surface area contributed by atoms with Crippen molar-refractivity contribution in [3.05, 3.63) is 0 Å². The van der Waals surface area contributed by atoms with E-state index in [0.29, 0.717) is 32.4 Å². The highest BCUT2D eigenvalue weighted by atomic mass is 16.5. The van der Waals surface area contributed by atoms with Crippen molar-refractivity contribution >= 4 is 11.7 Å². The van der Waals surface area contributed by atoms with Gasteiger partial charge >= 0.3 is 0 Å². The second-order valence-corrected chi connectivity index (χ2v) is 5.99. The SMILES string of the molecule is CCC(=O)CC(C)CCC(=O)N1CC(OC)CC1COC. The normalized spacial score (nSPS) is 23.3. The summed E-state index contributed by atoms with van der Waals surface area (Å²) in [5, 5.41) is 0. The van der Waals surface area contributed by atoms with Gasteiger partial charge in [-0.05, 0) is 18.8 Å². The van der Waals surface area contributed by atoms with E-state index < -0.39 is 0 Å². The van der Waals surface area contributed by atoms with Gasteiger partial charge in [0, 0.05) is 40.0 Å². The zero-order valence-corrected chi connectivity index (χ0v) is 13.8. The number of ether oxygens (including phenoxy) is 2. The van der Waals surface area contributed by atoms with Gasteiger partial charge in [0.15, 0.2) is 0 Å². The summed E-state index contributed by atoms with van der Waals surface area (Å²) in [4.78, 5) is 25.7. The molecule has 5 heteroatoms. The molecule has 0 aromatic rings. The Hall–Kier alpha value is -0.940. The molecular weight excluding hydrogens is 270 g/mol. The van der Waals surface area contributed by atoms with Crippen molar-refractivity contribution < 1.29 is 19.1 Å². The monoisotopic (exact) mass is 299 g/mol. The maximum Gasteiger partial charge on any atom is 0.222 e. The summed E-state index contributed by atoms with van der Waals surface area (Å²) in [6, 6.07) is 0.111. The summed E-state index contributed by atoms with van der Waals surface area (Å²) >= 11 is 0. The second kappa shape index (κ2) is 9.15. The van der Waals surface area contributed by atoms with Crippen LogP contribution in [0.15, 0.2) is 0 Å².